The van der Waals surface area contributed by atoms with Crippen LogP contribution in [0.5, 0.6) is 0 Å². The molecule has 0 saturated carbocycles. The molecule has 1 N–H and O–H groups in total. The van der Waals surface area contributed by atoms with Crippen molar-refractivity contribution in [2.24, 2.45) is 0 Å². The lowest BCUT2D eigenvalue weighted by Gasteiger charge is -2.39. The van der Waals surface area contributed by atoms with Crippen LogP contribution in [0.15, 0.2) is 30.3 Å². The van der Waals surface area contributed by atoms with E-state index in [2.05, 4.69) is 29.2 Å². The van der Waals surface area contributed by atoms with Gasteiger partial charge in [-0.15, -0.1) is 0 Å². The first-order valence-electron chi connectivity index (χ1n) is 6.78. The minimum absolute atomic E-state index is 0.453. The minimum atomic E-state index is -0.664. The third-order valence-electron chi connectivity index (χ3n) is 3.46. The quantitative estimate of drug-likeness (QED) is 0.867. The van der Waals surface area contributed by atoms with Gasteiger partial charge in [0.15, 0.2) is 0 Å². The molecule has 3 heteroatoms. The van der Waals surface area contributed by atoms with Gasteiger partial charge in [-0.25, -0.2) is 0 Å². The Morgan fingerprint density at radius 2 is 2.11 bits per heavy atom. The van der Waals surface area contributed by atoms with E-state index in [1.807, 2.05) is 13.0 Å². The SMILES string of the molecule is CCOCC1(O)CCCN(Cc2ccccc2)C1. The molecular formula is C15H23NO2. The Kier molecular flexibility index (Phi) is 4.75. The van der Waals surface area contributed by atoms with Crippen molar-refractivity contribution < 1.29 is 9.84 Å². The molecule has 0 bridgehead atoms. The van der Waals surface area contributed by atoms with Crippen molar-refractivity contribution in [2.75, 3.05) is 26.3 Å². The van der Waals surface area contributed by atoms with E-state index in [-0.39, 0.29) is 0 Å². The van der Waals surface area contributed by atoms with Crippen LogP contribution in [0.3, 0.4) is 0 Å². The van der Waals surface area contributed by atoms with E-state index in [4.69, 9.17) is 4.74 Å². The Balaban J connectivity index is 1.90. The predicted octanol–water partition coefficient (Wildman–Crippen LogP) is 2.05. The summed E-state index contributed by atoms with van der Waals surface area (Å²) in [6, 6.07) is 10.4. The second kappa shape index (κ2) is 6.32. The summed E-state index contributed by atoms with van der Waals surface area (Å²) in [4.78, 5) is 2.32. The zero-order valence-corrected chi connectivity index (χ0v) is 11.1. The summed E-state index contributed by atoms with van der Waals surface area (Å²) in [6.45, 7) is 5.77. The Labute approximate surface area is 109 Å². The number of rotatable bonds is 5. The van der Waals surface area contributed by atoms with Crippen molar-refractivity contribution >= 4 is 0 Å². The average molecular weight is 249 g/mol. The summed E-state index contributed by atoms with van der Waals surface area (Å²) in [5, 5.41) is 10.5. The Hall–Kier alpha value is -0.900. The highest BCUT2D eigenvalue weighted by molar-refractivity contribution is 5.14. The first-order valence-corrected chi connectivity index (χ1v) is 6.78. The van der Waals surface area contributed by atoms with Crippen LogP contribution in [0.2, 0.25) is 0 Å². The maximum atomic E-state index is 10.5. The zero-order chi connectivity index (χ0) is 12.8. The fourth-order valence-electron chi connectivity index (χ4n) is 2.59. The second-order valence-corrected chi connectivity index (χ2v) is 5.16. The lowest BCUT2D eigenvalue weighted by Crippen LogP contribution is -2.50. The Morgan fingerprint density at radius 3 is 2.83 bits per heavy atom. The maximum Gasteiger partial charge on any atom is 0.101 e. The molecule has 100 valence electrons. The molecule has 1 aromatic carbocycles. The van der Waals surface area contributed by atoms with E-state index in [0.717, 1.165) is 25.9 Å². The number of likely N-dealkylation sites (tertiary alicyclic amines) is 1. The highest BCUT2D eigenvalue weighted by Crippen LogP contribution is 2.22. The minimum Gasteiger partial charge on any atom is -0.386 e. The van der Waals surface area contributed by atoms with Gasteiger partial charge in [-0.2, -0.15) is 0 Å². The molecule has 0 radical (unpaired) electrons. The van der Waals surface area contributed by atoms with Gasteiger partial charge in [0, 0.05) is 19.7 Å². The van der Waals surface area contributed by atoms with Crippen molar-refractivity contribution in [2.45, 2.75) is 31.9 Å². The van der Waals surface area contributed by atoms with Gasteiger partial charge in [-0.05, 0) is 31.9 Å². The average Bonchev–Trinajstić information content (AvgIpc) is 2.38. The Morgan fingerprint density at radius 1 is 1.33 bits per heavy atom. The van der Waals surface area contributed by atoms with Crippen molar-refractivity contribution in [3.63, 3.8) is 0 Å². The summed E-state index contributed by atoms with van der Waals surface area (Å²) in [5.74, 6) is 0. The molecule has 0 amide bonds. The maximum absolute atomic E-state index is 10.5. The number of piperidine rings is 1. The summed E-state index contributed by atoms with van der Waals surface area (Å²) < 4.78 is 5.40. The van der Waals surface area contributed by atoms with Gasteiger partial charge in [-0.3, -0.25) is 4.90 Å². The molecule has 1 atom stereocenters. The van der Waals surface area contributed by atoms with E-state index < -0.39 is 5.60 Å². The lowest BCUT2D eigenvalue weighted by molar-refractivity contribution is -0.0871. The van der Waals surface area contributed by atoms with E-state index in [9.17, 15) is 5.11 Å². The summed E-state index contributed by atoms with van der Waals surface area (Å²) in [7, 11) is 0. The largest absolute Gasteiger partial charge is 0.386 e. The van der Waals surface area contributed by atoms with Crippen LogP contribution in [0.25, 0.3) is 0 Å². The van der Waals surface area contributed by atoms with Crippen LogP contribution in [-0.2, 0) is 11.3 Å². The lowest BCUT2D eigenvalue weighted by atomic mass is 9.93. The van der Waals surface area contributed by atoms with E-state index in [1.54, 1.807) is 0 Å². The number of nitrogens with zero attached hydrogens (tertiary/aromatic N) is 1. The van der Waals surface area contributed by atoms with Crippen LogP contribution >= 0.6 is 0 Å². The smallest absolute Gasteiger partial charge is 0.101 e. The van der Waals surface area contributed by atoms with Gasteiger partial charge in [0.1, 0.15) is 5.60 Å². The normalized spacial score (nSPS) is 25.2. The number of hydrogen-bond acceptors (Lipinski definition) is 3. The summed E-state index contributed by atoms with van der Waals surface area (Å²) >= 11 is 0. The van der Waals surface area contributed by atoms with Gasteiger partial charge in [0.25, 0.3) is 0 Å². The van der Waals surface area contributed by atoms with Crippen LogP contribution in [0.1, 0.15) is 25.3 Å². The molecule has 1 fully saturated rings. The molecule has 1 aromatic rings. The molecule has 1 aliphatic rings. The summed E-state index contributed by atoms with van der Waals surface area (Å²) in [5.41, 5.74) is 0.640. The first kappa shape index (κ1) is 13.5. The Bertz CT molecular complexity index is 355. The number of ether oxygens (including phenoxy) is 1. The third-order valence-corrected chi connectivity index (χ3v) is 3.46. The van der Waals surface area contributed by atoms with E-state index in [0.29, 0.717) is 19.8 Å². The molecule has 0 aliphatic carbocycles. The van der Waals surface area contributed by atoms with Crippen molar-refractivity contribution in [1.82, 2.24) is 4.90 Å². The van der Waals surface area contributed by atoms with Crippen LogP contribution < -0.4 is 0 Å². The van der Waals surface area contributed by atoms with Crippen LogP contribution in [0.4, 0.5) is 0 Å². The molecule has 2 rings (SSSR count). The number of benzene rings is 1. The highest BCUT2D eigenvalue weighted by Gasteiger charge is 2.33. The predicted molar refractivity (Wildman–Crippen MR) is 72.4 cm³/mol. The monoisotopic (exact) mass is 249 g/mol. The molecule has 18 heavy (non-hydrogen) atoms. The molecule has 0 spiro atoms. The fourth-order valence-corrected chi connectivity index (χ4v) is 2.59. The van der Waals surface area contributed by atoms with E-state index in [1.165, 1.54) is 5.56 Å². The fraction of sp³-hybridized carbons (Fsp3) is 0.600. The number of β-amino-alcohol motifs (C(OH)–C–C–N with tert-alkyl or cyclic N) is 1. The van der Waals surface area contributed by atoms with Gasteiger partial charge in [0.05, 0.1) is 6.61 Å². The molecule has 3 nitrogen and oxygen atoms in total. The van der Waals surface area contributed by atoms with Gasteiger partial charge < -0.3 is 9.84 Å². The van der Waals surface area contributed by atoms with Crippen LogP contribution in [-0.4, -0.2) is 41.9 Å². The van der Waals surface area contributed by atoms with Gasteiger partial charge in [-0.1, -0.05) is 30.3 Å². The standard InChI is InChI=1S/C15H23NO2/c1-2-18-13-15(17)9-6-10-16(12-15)11-14-7-4-3-5-8-14/h3-5,7-8,17H,2,6,9-13H2,1H3. The number of hydrogen-bond donors (Lipinski definition) is 1. The van der Waals surface area contributed by atoms with Gasteiger partial charge >= 0.3 is 0 Å². The topological polar surface area (TPSA) is 32.7 Å². The summed E-state index contributed by atoms with van der Waals surface area (Å²) in [6.07, 6.45) is 1.88. The van der Waals surface area contributed by atoms with Crippen molar-refractivity contribution in [3.05, 3.63) is 35.9 Å². The molecular weight excluding hydrogens is 226 g/mol. The van der Waals surface area contributed by atoms with Gasteiger partial charge in [0.2, 0.25) is 0 Å². The van der Waals surface area contributed by atoms with E-state index >= 15 is 0 Å². The molecule has 1 aliphatic heterocycles. The molecule has 1 saturated heterocycles. The first-order chi connectivity index (χ1) is 8.72. The van der Waals surface area contributed by atoms with Crippen molar-refractivity contribution in [3.8, 4) is 0 Å². The van der Waals surface area contributed by atoms with Crippen molar-refractivity contribution in [1.29, 1.82) is 0 Å². The molecule has 0 aromatic heterocycles. The number of aliphatic hydroxyl groups is 1. The zero-order valence-electron chi connectivity index (χ0n) is 11.1. The second-order valence-electron chi connectivity index (χ2n) is 5.16. The molecule has 1 unspecified atom stereocenters. The highest BCUT2D eigenvalue weighted by atomic mass is 16.5. The molecule has 1 heterocycles. The third kappa shape index (κ3) is 3.80. The van der Waals surface area contributed by atoms with Crippen LogP contribution in [0, 0.1) is 0 Å².